The lowest BCUT2D eigenvalue weighted by Crippen LogP contribution is -2.48. The number of hydrogen-bond acceptors (Lipinski definition) is 2. The largest absolute Gasteiger partial charge is 0.356 e. The molecule has 1 aromatic carbocycles. The van der Waals surface area contributed by atoms with Gasteiger partial charge in [-0.1, -0.05) is 26.0 Å². The first-order valence-electron chi connectivity index (χ1n) is 9.03. The van der Waals surface area contributed by atoms with Crippen molar-refractivity contribution in [2.45, 2.75) is 33.2 Å². The van der Waals surface area contributed by atoms with Gasteiger partial charge in [0.1, 0.15) is 0 Å². The maximum Gasteiger partial charge on any atom is 0.193 e. The number of benzene rings is 1. The molecule has 1 aliphatic heterocycles. The van der Waals surface area contributed by atoms with E-state index in [1.165, 1.54) is 11.9 Å². The normalized spacial score (nSPS) is 21.2. The monoisotopic (exact) mass is 455 g/mol. The topological polar surface area (TPSA) is 45.5 Å². The highest BCUT2D eigenvalue weighted by molar-refractivity contribution is 14.0. The lowest BCUT2D eigenvalue weighted by atomic mass is 9.92. The Hall–Kier alpha value is -1.31. The van der Waals surface area contributed by atoms with Crippen LogP contribution in [0.25, 0.3) is 11.0 Å². The van der Waals surface area contributed by atoms with Gasteiger partial charge in [-0.15, -0.1) is 24.0 Å². The number of para-hydroxylation sites is 2. The van der Waals surface area contributed by atoms with Crippen LogP contribution < -0.4 is 5.32 Å². The number of aromatic nitrogens is 2. The molecule has 0 radical (unpaired) electrons. The molecule has 1 N–H and O–H groups in total. The lowest BCUT2D eigenvalue weighted by molar-refractivity contribution is 0.208. The van der Waals surface area contributed by atoms with E-state index in [1.54, 1.807) is 0 Å². The van der Waals surface area contributed by atoms with E-state index in [1.807, 2.05) is 19.4 Å². The fraction of sp³-hybridized carbons (Fsp3) is 0.579. The molecule has 1 saturated heterocycles. The predicted molar refractivity (Wildman–Crippen MR) is 116 cm³/mol. The van der Waals surface area contributed by atoms with E-state index in [9.17, 15) is 0 Å². The number of fused-ring (bicyclic) bond motifs is 1. The van der Waals surface area contributed by atoms with Gasteiger partial charge in [-0.2, -0.15) is 0 Å². The third-order valence-electron chi connectivity index (χ3n) is 4.77. The first-order chi connectivity index (χ1) is 11.7. The molecule has 0 spiro atoms. The summed E-state index contributed by atoms with van der Waals surface area (Å²) in [5.41, 5.74) is 2.28. The second-order valence-corrected chi connectivity index (χ2v) is 7.11. The summed E-state index contributed by atoms with van der Waals surface area (Å²) in [5, 5.41) is 3.53. The van der Waals surface area contributed by atoms with Crippen LogP contribution in [0.4, 0.5) is 0 Å². The van der Waals surface area contributed by atoms with Gasteiger partial charge in [-0.3, -0.25) is 4.99 Å². The molecule has 2 unspecified atom stereocenters. The Morgan fingerprint density at radius 3 is 2.68 bits per heavy atom. The van der Waals surface area contributed by atoms with Gasteiger partial charge >= 0.3 is 0 Å². The van der Waals surface area contributed by atoms with Gasteiger partial charge in [0, 0.05) is 33.2 Å². The number of nitrogens with zero attached hydrogens (tertiary/aromatic N) is 4. The number of imidazole rings is 1. The number of hydrogen-bond donors (Lipinski definition) is 1. The Morgan fingerprint density at radius 2 is 1.96 bits per heavy atom. The van der Waals surface area contributed by atoms with E-state index in [0.717, 1.165) is 55.9 Å². The summed E-state index contributed by atoms with van der Waals surface area (Å²) >= 11 is 0. The summed E-state index contributed by atoms with van der Waals surface area (Å²) in [6.07, 6.45) is 4.31. The average molecular weight is 455 g/mol. The molecule has 1 fully saturated rings. The van der Waals surface area contributed by atoms with Crippen LogP contribution in [0.5, 0.6) is 0 Å². The van der Waals surface area contributed by atoms with Crippen molar-refractivity contribution in [1.82, 2.24) is 19.8 Å². The summed E-state index contributed by atoms with van der Waals surface area (Å²) in [5.74, 6) is 2.53. The second-order valence-electron chi connectivity index (χ2n) is 7.11. The molecule has 5 nitrogen and oxygen atoms in total. The van der Waals surface area contributed by atoms with E-state index in [-0.39, 0.29) is 24.0 Å². The number of aryl methyl sites for hydroxylation is 1. The van der Waals surface area contributed by atoms with Crippen LogP contribution in [0.1, 0.15) is 26.7 Å². The number of aliphatic imine (C=N–C) groups is 1. The molecule has 6 heteroatoms. The van der Waals surface area contributed by atoms with Crippen molar-refractivity contribution in [3.05, 3.63) is 30.6 Å². The average Bonchev–Trinajstić information content (AvgIpc) is 2.97. The molecular weight excluding hydrogens is 425 g/mol. The number of halogens is 1. The Bertz CT molecular complexity index is 686. The van der Waals surface area contributed by atoms with Gasteiger partial charge in [-0.05, 0) is 36.8 Å². The van der Waals surface area contributed by atoms with Gasteiger partial charge < -0.3 is 14.8 Å². The Labute approximate surface area is 167 Å². The van der Waals surface area contributed by atoms with E-state index < -0.39 is 0 Å². The van der Waals surface area contributed by atoms with Crippen molar-refractivity contribution in [2.24, 2.45) is 16.8 Å². The molecule has 2 aromatic rings. The minimum absolute atomic E-state index is 0. The summed E-state index contributed by atoms with van der Waals surface area (Å²) in [7, 11) is 1.88. The molecule has 1 aromatic heterocycles. The molecule has 25 heavy (non-hydrogen) atoms. The first-order valence-corrected chi connectivity index (χ1v) is 9.03. The van der Waals surface area contributed by atoms with Crippen molar-refractivity contribution in [1.29, 1.82) is 0 Å². The molecule has 138 valence electrons. The maximum absolute atomic E-state index is 4.48. The van der Waals surface area contributed by atoms with E-state index >= 15 is 0 Å². The van der Waals surface area contributed by atoms with Crippen LogP contribution in [-0.2, 0) is 6.54 Å². The molecule has 0 saturated carbocycles. The van der Waals surface area contributed by atoms with Crippen LogP contribution in [0.3, 0.4) is 0 Å². The zero-order valence-corrected chi connectivity index (χ0v) is 17.8. The maximum atomic E-state index is 4.48. The van der Waals surface area contributed by atoms with Crippen LogP contribution in [0, 0.1) is 11.8 Å². The number of guanidine groups is 1. The third kappa shape index (κ3) is 5.09. The van der Waals surface area contributed by atoms with Crippen molar-refractivity contribution >= 4 is 41.0 Å². The zero-order chi connectivity index (χ0) is 16.9. The molecular formula is C19H30IN5. The summed E-state index contributed by atoms with van der Waals surface area (Å²) in [6, 6.07) is 8.29. The Morgan fingerprint density at radius 1 is 1.24 bits per heavy atom. The van der Waals surface area contributed by atoms with E-state index in [4.69, 9.17) is 0 Å². The summed E-state index contributed by atoms with van der Waals surface area (Å²) < 4.78 is 2.23. The lowest BCUT2D eigenvalue weighted by Gasteiger charge is -2.37. The molecule has 2 atom stereocenters. The van der Waals surface area contributed by atoms with Crippen molar-refractivity contribution in [3.63, 3.8) is 0 Å². The van der Waals surface area contributed by atoms with E-state index in [0.29, 0.717) is 0 Å². The first kappa shape index (κ1) is 20.0. The highest BCUT2D eigenvalue weighted by atomic mass is 127. The quantitative estimate of drug-likeness (QED) is 0.332. The smallest absolute Gasteiger partial charge is 0.193 e. The van der Waals surface area contributed by atoms with Gasteiger partial charge in [0.15, 0.2) is 5.96 Å². The molecule has 0 amide bonds. The van der Waals surface area contributed by atoms with Gasteiger partial charge in [0.25, 0.3) is 0 Å². The fourth-order valence-corrected chi connectivity index (χ4v) is 3.81. The summed E-state index contributed by atoms with van der Waals surface area (Å²) in [4.78, 5) is 11.3. The number of likely N-dealkylation sites (tertiary alicyclic amines) is 1. The molecule has 1 aliphatic rings. The van der Waals surface area contributed by atoms with Crippen LogP contribution in [0.15, 0.2) is 35.6 Å². The van der Waals surface area contributed by atoms with Crippen LogP contribution >= 0.6 is 24.0 Å². The van der Waals surface area contributed by atoms with Crippen molar-refractivity contribution in [3.8, 4) is 0 Å². The minimum atomic E-state index is 0. The Balaban J connectivity index is 0.00000225. The molecule has 2 heterocycles. The van der Waals surface area contributed by atoms with Crippen molar-refractivity contribution < 1.29 is 0 Å². The minimum Gasteiger partial charge on any atom is -0.356 e. The van der Waals surface area contributed by atoms with Crippen molar-refractivity contribution in [2.75, 3.05) is 26.7 Å². The number of nitrogens with one attached hydrogen (secondary N) is 1. The SMILES string of the molecule is CN=C(NCCCn1cnc2ccccc21)N1CC(C)CC(C)C1.I. The summed E-state index contributed by atoms with van der Waals surface area (Å²) in [6.45, 7) is 8.78. The van der Waals surface area contributed by atoms with Gasteiger partial charge in [0.2, 0.25) is 0 Å². The highest BCUT2D eigenvalue weighted by Crippen LogP contribution is 2.20. The third-order valence-corrected chi connectivity index (χ3v) is 4.77. The number of rotatable bonds is 4. The van der Waals surface area contributed by atoms with E-state index in [2.05, 4.69) is 56.8 Å². The molecule has 3 rings (SSSR count). The second kappa shape index (κ2) is 9.40. The highest BCUT2D eigenvalue weighted by Gasteiger charge is 2.23. The van der Waals surface area contributed by atoms with Crippen LogP contribution in [-0.4, -0.2) is 47.1 Å². The van der Waals surface area contributed by atoms with Gasteiger partial charge in [-0.25, -0.2) is 4.98 Å². The van der Waals surface area contributed by atoms with Crippen LogP contribution in [0.2, 0.25) is 0 Å². The standard InChI is InChI=1S/C19H29N5.HI/c1-15-11-16(2)13-24(12-15)19(20-3)21-9-6-10-23-14-22-17-7-4-5-8-18(17)23;/h4-5,7-8,14-16H,6,9-13H2,1-3H3,(H,20,21);1H. The molecule has 0 bridgehead atoms. The fourth-order valence-electron chi connectivity index (χ4n) is 3.81. The molecule has 0 aliphatic carbocycles. The predicted octanol–water partition coefficient (Wildman–Crippen LogP) is 3.60. The number of piperidine rings is 1. The Kier molecular flexibility index (Phi) is 7.53. The van der Waals surface area contributed by atoms with Gasteiger partial charge in [0.05, 0.1) is 17.4 Å². The zero-order valence-electron chi connectivity index (χ0n) is 15.5.